The lowest BCUT2D eigenvalue weighted by atomic mass is 10.6. The summed E-state index contributed by atoms with van der Waals surface area (Å²) in [6.45, 7) is 2.16. The van der Waals surface area contributed by atoms with Gasteiger partial charge < -0.3 is 0 Å². The molecule has 0 bridgehead atoms. The molecule has 0 aliphatic heterocycles. The van der Waals surface area contributed by atoms with Gasteiger partial charge in [-0.2, -0.15) is 0 Å². The van der Waals surface area contributed by atoms with Crippen LogP contribution in [0.25, 0.3) is 0 Å². The molecule has 0 nitrogen and oxygen atoms in total. The SMILES string of the molecule is CC[CH2][AlH][Cl]. The summed E-state index contributed by atoms with van der Waals surface area (Å²) in [5.74, 6) is 0. The van der Waals surface area contributed by atoms with Gasteiger partial charge >= 0.3 is 14.3 Å². The van der Waals surface area contributed by atoms with E-state index in [-0.39, 0.29) is 14.3 Å². The van der Waals surface area contributed by atoms with Crippen LogP contribution in [0, 0.1) is 0 Å². The van der Waals surface area contributed by atoms with Gasteiger partial charge in [-0.15, -0.1) is 0 Å². The second-order valence-corrected chi connectivity index (χ2v) is 3.26. The van der Waals surface area contributed by atoms with E-state index in [4.69, 9.17) is 10.0 Å². The molecule has 30 valence electrons. The van der Waals surface area contributed by atoms with Crippen LogP contribution in [0.5, 0.6) is 0 Å². The molecule has 0 aliphatic rings. The molecule has 0 rings (SSSR count). The topological polar surface area (TPSA) is 0 Å². The minimum atomic E-state index is -0.114. The highest BCUT2D eigenvalue weighted by molar-refractivity contribution is 6.93. The van der Waals surface area contributed by atoms with Gasteiger partial charge in [-0.25, -0.2) is 0 Å². The normalized spacial score (nSPS) is 7.60. The van der Waals surface area contributed by atoms with Crippen molar-refractivity contribution in [1.29, 1.82) is 0 Å². The molecule has 0 saturated heterocycles. The van der Waals surface area contributed by atoms with Crippen molar-refractivity contribution in [1.82, 2.24) is 0 Å². The monoisotopic (exact) mass is 106 g/mol. The number of halogens is 1. The number of rotatable bonds is 2. The molecule has 2 heteroatoms. The van der Waals surface area contributed by atoms with Gasteiger partial charge in [-0.1, -0.05) is 18.6 Å². The van der Waals surface area contributed by atoms with Crippen LogP contribution >= 0.6 is 10.0 Å². The maximum atomic E-state index is 5.44. The lowest BCUT2D eigenvalue weighted by molar-refractivity contribution is 1.08. The zero-order valence-corrected chi connectivity index (χ0v) is 5.67. The van der Waals surface area contributed by atoms with E-state index in [1.165, 1.54) is 11.7 Å². The molecule has 0 spiro atoms. The Labute approximate surface area is 43.4 Å². The van der Waals surface area contributed by atoms with Gasteiger partial charge in [0.2, 0.25) is 0 Å². The summed E-state index contributed by atoms with van der Waals surface area (Å²) in [5.41, 5.74) is 0. The van der Waals surface area contributed by atoms with E-state index < -0.39 is 0 Å². The van der Waals surface area contributed by atoms with Crippen molar-refractivity contribution >= 4 is 24.3 Å². The van der Waals surface area contributed by atoms with Gasteiger partial charge in [-0.3, -0.25) is 10.0 Å². The number of hydrogen-bond acceptors (Lipinski definition) is 0. The highest BCUT2D eigenvalue weighted by Crippen LogP contribution is 1.85. The Morgan fingerprint density at radius 2 is 2.40 bits per heavy atom. The molecule has 0 N–H and O–H groups in total. The molecule has 0 amide bonds. The second kappa shape index (κ2) is 4.82. The van der Waals surface area contributed by atoms with E-state index in [1.54, 1.807) is 0 Å². The third-order valence-corrected chi connectivity index (χ3v) is 2.26. The molecule has 0 saturated carbocycles. The molecular formula is C3H8AlCl. The summed E-state index contributed by atoms with van der Waals surface area (Å²) in [5, 5.41) is 1.29. The fourth-order valence-electron chi connectivity index (χ4n) is 0.134. The molecule has 0 atom stereocenters. The predicted molar refractivity (Wildman–Crippen MR) is 28.1 cm³/mol. The zero-order chi connectivity index (χ0) is 4.12. The molecule has 0 fully saturated rings. The Balaban J connectivity index is 2.19. The predicted octanol–water partition coefficient (Wildman–Crippen LogP) is 1.41. The Hall–Kier alpha value is 0.822. The van der Waals surface area contributed by atoms with Gasteiger partial charge in [0.1, 0.15) is 0 Å². The van der Waals surface area contributed by atoms with Crippen molar-refractivity contribution in [2.45, 2.75) is 18.6 Å². The van der Waals surface area contributed by atoms with Crippen molar-refractivity contribution in [3.8, 4) is 0 Å². The summed E-state index contributed by atoms with van der Waals surface area (Å²) in [6.07, 6.45) is 1.27. The van der Waals surface area contributed by atoms with E-state index in [0.717, 1.165) is 0 Å². The lowest BCUT2D eigenvalue weighted by Gasteiger charge is -1.73. The summed E-state index contributed by atoms with van der Waals surface area (Å²) in [7, 11) is 5.44. The summed E-state index contributed by atoms with van der Waals surface area (Å²) >= 11 is -0.114. The zero-order valence-electron chi connectivity index (χ0n) is 3.50. The molecule has 0 aromatic heterocycles. The largest absolute Gasteiger partial charge is 0.376 e. The van der Waals surface area contributed by atoms with Crippen molar-refractivity contribution in [2.75, 3.05) is 0 Å². The Bertz CT molecular complexity index is 14.4. The molecule has 0 aliphatic carbocycles. The minimum Gasteiger partial charge on any atom is -0.267 e. The van der Waals surface area contributed by atoms with E-state index in [1.807, 2.05) is 0 Å². The van der Waals surface area contributed by atoms with Gasteiger partial charge in [0.25, 0.3) is 0 Å². The van der Waals surface area contributed by atoms with E-state index in [2.05, 4.69) is 6.92 Å². The van der Waals surface area contributed by atoms with Crippen LogP contribution in [-0.2, 0) is 0 Å². The van der Waals surface area contributed by atoms with Crippen LogP contribution in [0.1, 0.15) is 13.3 Å². The van der Waals surface area contributed by atoms with Crippen LogP contribution in [-0.4, -0.2) is 14.3 Å². The van der Waals surface area contributed by atoms with Crippen LogP contribution in [0.4, 0.5) is 0 Å². The van der Waals surface area contributed by atoms with Gasteiger partial charge in [-0.05, 0) is 0 Å². The van der Waals surface area contributed by atoms with Gasteiger partial charge in [0.15, 0.2) is 0 Å². The first kappa shape index (κ1) is 5.82. The standard InChI is InChI=1S/C3H7.Al.ClH.H/c1-3-2;;;/h1,3H2,2H3;;1H;/q;+1;;/p-1. The first-order valence-electron chi connectivity index (χ1n) is 1.97. The van der Waals surface area contributed by atoms with Crippen LogP contribution in [0.15, 0.2) is 0 Å². The van der Waals surface area contributed by atoms with E-state index in [0.29, 0.717) is 0 Å². The Morgan fingerprint density at radius 1 is 1.80 bits per heavy atom. The van der Waals surface area contributed by atoms with Gasteiger partial charge in [0.05, 0.1) is 0 Å². The molecule has 0 aromatic carbocycles. The first-order valence-corrected chi connectivity index (χ1v) is 5.11. The van der Waals surface area contributed by atoms with Crippen molar-refractivity contribution in [2.24, 2.45) is 0 Å². The summed E-state index contributed by atoms with van der Waals surface area (Å²) in [6, 6.07) is 0. The molecule has 0 radical (unpaired) electrons. The Kier molecular flexibility index (Phi) is 5.62. The fraction of sp³-hybridized carbons (Fsp3) is 1.00. The van der Waals surface area contributed by atoms with Crippen molar-refractivity contribution in [3.05, 3.63) is 0 Å². The maximum Gasteiger partial charge on any atom is 0.376 e. The summed E-state index contributed by atoms with van der Waals surface area (Å²) < 4.78 is 0. The molecule has 0 unspecified atom stereocenters. The average Bonchev–Trinajstić information content (AvgIpc) is 1.41. The van der Waals surface area contributed by atoms with E-state index in [9.17, 15) is 0 Å². The van der Waals surface area contributed by atoms with Crippen molar-refractivity contribution < 1.29 is 0 Å². The molecule has 0 heterocycles. The average molecular weight is 107 g/mol. The lowest BCUT2D eigenvalue weighted by Crippen LogP contribution is -1.69. The fourth-order valence-corrected chi connectivity index (χ4v) is 1.20. The maximum absolute atomic E-state index is 5.44. The highest BCUT2D eigenvalue weighted by Gasteiger charge is 1.78. The molecule has 0 aromatic rings. The van der Waals surface area contributed by atoms with Gasteiger partial charge in [0, 0.05) is 0 Å². The highest BCUT2D eigenvalue weighted by atomic mass is 35.6. The summed E-state index contributed by atoms with van der Waals surface area (Å²) in [4.78, 5) is 0. The number of hydrogen-bond donors (Lipinski definition) is 0. The third-order valence-electron chi connectivity index (χ3n) is 0.487. The minimum absolute atomic E-state index is 0.114. The van der Waals surface area contributed by atoms with Crippen molar-refractivity contribution in [3.63, 3.8) is 0 Å². The molecule has 5 heavy (non-hydrogen) atoms. The quantitative estimate of drug-likeness (QED) is 0.467. The van der Waals surface area contributed by atoms with Crippen LogP contribution in [0.2, 0.25) is 5.28 Å². The smallest absolute Gasteiger partial charge is 0.267 e. The van der Waals surface area contributed by atoms with Crippen LogP contribution in [0.3, 0.4) is 0 Å². The Morgan fingerprint density at radius 3 is 2.40 bits per heavy atom. The third kappa shape index (κ3) is 4.82. The van der Waals surface area contributed by atoms with E-state index >= 15 is 0 Å². The second-order valence-electron chi connectivity index (χ2n) is 1.04. The van der Waals surface area contributed by atoms with Crippen LogP contribution < -0.4 is 0 Å². The molecular weight excluding hydrogens is 98.5 g/mol. The first-order chi connectivity index (χ1) is 2.41.